The van der Waals surface area contributed by atoms with Crippen molar-refractivity contribution < 1.29 is 24.0 Å². The Morgan fingerprint density at radius 1 is 1.20 bits per heavy atom. The number of amides is 3. The average molecular weight is 348 g/mol. The maximum absolute atomic E-state index is 12.6. The lowest BCUT2D eigenvalue weighted by Gasteiger charge is -2.24. The number of carbonyl (C=O) groups excluding carboxylic acids is 3. The van der Waals surface area contributed by atoms with Gasteiger partial charge in [-0.2, -0.15) is 0 Å². The number of benzene rings is 1. The van der Waals surface area contributed by atoms with Gasteiger partial charge in [-0.05, 0) is 26.0 Å². The van der Waals surface area contributed by atoms with Crippen LogP contribution in [0.1, 0.15) is 13.8 Å². The lowest BCUT2D eigenvalue weighted by atomic mass is 10.2. The van der Waals surface area contributed by atoms with Gasteiger partial charge in [0, 0.05) is 12.2 Å². The van der Waals surface area contributed by atoms with Gasteiger partial charge in [-0.3, -0.25) is 14.9 Å². The third kappa shape index (κ3) is 7.17. The summed E-state index contributed by atoms with van der Waals surface area (Å²) >= 11 is 0. The van der Waals surface area contributed by atoms with E-state index in [0.29, 0.717) is 13.1 Å². The number of quaternary nitrogens is 1. The number of imide groups is 1. The standard InChI is InChI=1S/C18H25N3O4/c1-4-12-21(15-10-8-7-9-11-15)17(23)14-20(5-2)13-16(22)19-18(24)25-6-3/h4,7-11H,1,5-6,12-14H2,2-3H3,(H,19,22,24)/p+1. The van der Waals surface area contributed by atoms with E-state index in [0.717, 1.165) is 10.6 Å². The van der Waals surface area contributed by atoms with Crippen molar-refractivity contribution in [3.8, 4) is 0 Å². The second kappa shape index (κ2) is 11.0. The predicted molar refractivity (Wildman–Crippen MR) is 95.4 cm³/mol. The van der Waals surface area contributed by atoms with Crippen LogP contribution in [0.2, 0.25) is 0 Å². The van der Waals surface area contributed by atoms with Gasteiger partial charge in [0.2, 0.25) is 0 Å². The Bertz CT molecular complexity index is 589. The molecular formula is C18H26N3O4+. The van der Waals surface area contributed by atoms with Gasteiger partial charge in [-0.25, -0.2) is 4.79 Å². The minimum absolute atomic E-state index is 0.0117. The number of rotatable bonds is 9. The Kier molecular flexibility index (Phi) is 8.95. The molecule has 25 heavy (non-hydrogen) atoms. The third-order valence-electron chi connectivity index (χ3n) is 3.51. The number of nitrogens with one attached hydrogen (secondary N) is 2. The number of likely N-dealkylation sites (N-methyl/N-ethyl adjacent to an activating group) is 1. The van der Waals surface area contributed by atoms with Crippen LogP contribution in [0.4, 0.5) is 10.5 Å². The molecule has 7 nitrogen and oxygen atoms in total. The SMILES string of the molecule is C=CCN(C(=O)C[NH+](CC)CC(=O)NC(=O)OCC)c1ccccc1. The fraction of sp³-hybridized carbons (Fsp3) is 0.389. The summed E-state index contributed by atoms with van der Waals surface area (Å²) in [7, 11) is 0. The fourth-order valence-electron chi connectivity index (χ4n) is 2.26. The number of carbonyl (C=O) groups is 3. The van der Waals surface area contributed by atoms with Gasteiger partial charge in [0.05, 0.1) is 13.2 Å². The van der Waals surface area contributed by atoms with E-state index < -0.39 is 12.0 Å². The van der Waals surface area contributed by atoms with E-state index >= 15 is 0 Å². The second-order valence-corrected chi connectivity index (χ2v) is 5.35. The molecule has 3 amide bonds. The van der Waals surface area contributed by atoms with Crippen LogP contribution in [0.5, 0.6) is 0 Å². The van der Waals surface area contributed by atoms with E-state index in [9.17, 15) is 14.4 Å². The van der Waals surface area contributed by atoms with Gasteiger partial charge in [0.1, 0.15) is 0 Å². The summed E-state index contributed by atoms with van der Waals surface area (Å²) in [6.07, 6.45) is 0.885. The molecular weight excluding hydrogens is 322 g/mol. The van der Waals surface area contributed by atoms with Crippen molar-refractivity contribution in [3.63, 3.8) is 0 Å². The van der Waals surface area contributed by atoms with Crippen molar-refractivity contribution >= 4 is 23.6 Å². The molecule has 0 fully saturated rings. The molecule has 0 saturated carbocycles. The molecule has 1 rings (SSSR count). The van der Waals surface area contributed by atoms with Crippen molar-refractivity contribution in [1.29, 1.82) is 0 Å². The van der Waals surface area contributed by atoms with Gasteiger partial charge in [0.25, 0.3) is 11.8 Å². The number of nitrogens with zero attached hydrogens (tertiary/aromatic N) is 1. The summed E-state index contributed by atoms with van der Waals surface area (Å²) in [4.78, 5) is 38.2. The number of hydrogen-bond donors (Lipinski definition) is 2. The van der Waals surface area contributed by atoms with Crippen molar-refractivity contribution in [2.24, 2.45) is 0 Å². The zero-order valence-corrected chi connectivity index (χ0v) is 14.8. The molecule has 0 spiro atoms. The van der Waals surface area contributed by atoms with Crippen LogP contribution >= 0.6 is 0 Å². The van der Waals surface area contributed by atoms with Crippen LogP contribution in [-0.4, -0.2) is 50.7 Å². The number of ether oxygens (including phenoxy) is 1. The maximum atomic E-state index is 12.6. The highest BCUT2D eigenvalue weighted by Gasteiger charge is 2.22. The summed E-state index contributed by atoms with van der Waals surface area (Å²) in [5.74, 6) is -0.593. The van der Waals surface area contributed by atoms with Crippen LogP contribution in [0.15, 0.2) is 43.0 Å². The first kappa shape index (κ1) is 20.4. The largest absolute Gasteiger partial charge is 0.450 e. The van der Waals surface area contributed by atoms with Crippen molar-refractivity contribution in [2.75, 3.05) is 37.7 Å². The predicted octanol–water partition coefficient (Wildman–Crippen LogP) is 0.383. The molecule has 0 bridgehead atoms. The van der Waals surface area contributed by atoms with Crippen LogP contribution < -0.4 is 15.1 Å². The molecule has 0 aliphatic heterocycles. The van der Waals surface area contributed by atoms with E-state index in [4.69, 9.17) is 0 Å². The van der Waals surface area contributed by atoms with E-state index in [-0.39, 0.29) is 25.6 Å². The lowest BCUT2D eigenvalue weighted by molar-refractivity contribution is -0.881. The molecule has 0 heterocycles. The Hall–Kier alpha value is -2.67. The Balaban J connectivity index is 2.68. The molecule has 0 radical (unpaired) electrons. The van der Waals surface area contributed by atoms with Crippen molar-refractivity contribution in [1.82, 2.24) is 5.32 Å². The van der Waals surface area contributed by atoms with Crippen molar-refractivity contribution in [2.45, 2.75) is 13.8 Å². The highest BCUT2D eigenvalue weighted by molar-refractivity contribution is 5.95. The topological polar surface area (TPSA) is 80.2 Å². The summed E-state index contributed by atoms with van der Waals surface area (Å²) in [6, 6.07) is 9.29. The molecule has 0 aromatic heterocycles. The first-order valence-corrected chi connectivity index (χ1v) is 8.28. The minimum atomic E-state index is -0.771. The Morgan fingerprint density at radius 3 is 2.44 bits per heavy atom. The summed E-state index contributed by atoms with van der Waals surface area (Å²) in [6.45, 7) is 8.51. The number of alkyl carbamates (subject to hydrolysis) is 1. The number of anilines is 1. The Morgan fingerprint density at radius 2 is 1.88 bits per heavy atom. The summed E-state index contributed by atoms with van der Waals surface area (Å²) < 4.78 is 4.67. The molecule has 7 heteroatoms. The number of hydrogen-bond acceptors (Lipinski definition) is 4. The van der Waals surface area contributed by atoms with Gasteiger partial charge >= 0.3 is 6.09 Å². The van der Waals surface area contributed by atoms with Crippen LogP contribution in [-0.2, 0) is 14.3 Å². The third-order valence-corrected chi connectivity index (χ3v) is 3.51. The molecule has 0 aliphatic carbocycles. The van der Waals surface area contributed by atoms with Gasteiger partial charge < -0.3 is 14.5 Å². The molecule has 0 saturated heterocycles. The van der Waals surface area contributed by atoms with Crippen molar-refractivity contribution in [3.05, 3.63) is 43.0 Å². The van der Waals surface area contributed by atoms with E-state index in [1.54, 1.807) is 17.9 Å². The fourth-order valence-corrected chi connectivity index (χ4v) is 2.26. The van der Waals surface area contributed by atoms with Gasteiger partial charge in [-0.1, -0.05) is 24.3 Å². The molecule has 2 N–H and O–H groups in total. The molecule has 1 unspecified atom stereocenters. The highest BCUT2D eigenvalue weighted by Crippen LogP contribution is 2.12. The molecule has 1 aromatic carbocycles. The maximum Gasteiger partial charge on any atom is 0.414 e. The zero-order chi connectivity index (χ0) is 18.7. The highest BCUT2D eigenvalue weighted by atomic mass is 16.5. The minimum Gasteiger partial charge on any atom is -0.450 e. The average Bonchev–Trinajstić information content (AvgIpc) is 2.59. The lowest BCUT2D eigenvalue weighted by Crippen LogP contribution is -3.14. The second-order valence-electron chi connectivity index (χ2n) is 5.35. The molecule has 1 atom stereocenters. The summed E-state index contributed by atoms with van der Waals surface area (Å²) in [5, 5.41) is 2.14. The molecule has 1 aromatic rings. The van der Waals surface area contributed by atoms with E-state index in [1.807, 2.05) is 37.3 Å². The van der Waals surface area contributed by atoms with E-state index in [1.165, 1.54) is 0 Å². The van der Waals surface area contributed by atoms with Gasteiger partial charge in [-0.15, -0.1) is 6.58 Å². The first-order chi connectivity index (χ1) is 12.0. The monoisotopic (exact) mass is 348 g/mol. The molecule has 0 aliphatic rings. The smallest absolute Gasteiger partial charge is 0.414 e. The zero-order valence-electron chi connectivity index (χ0n) is 14.8. The first-order valence-electron chi connectivity index (χ1n) is 8.28. The van der Waals surface area contributed by atoms with E-state index in [2.05, 4.69) is 16.6 Å². The Labute approximate surface area is 148 Å². The van der Waals surface area contributed by atoms with Crippen LogP contribution in [0.25, 0.3) is 0 Å². The van der Waals surface area contributed by atoms with Crippen LogP contribution in [0, 0.1) is 0 Å². The van der Waals surface area contributed by atoms with Gasteiger partial charge in [0.15, 0.2) is 13.1 Å². The number of para-hydroxylation sites is 1. The van der Waals surface area contributed by atoms with Crippen LogP contribution in [0.3, 0.4) is 0 Å². The quantitative estimate of drug-likeness (QED) is 0.633. The molecule has 136 valence electrons. The normalized spacial score (nSPS) is 11.3. The summed E-state index contributed by atoms with van der Waals surface area (Å²) in [5.41, 5.74) is 0.777.